The van der Waals surface area contributed by atoms with Gasteiger partial charge in [-0.05, 0) is 44.2 Å². The summed E-state index contributed by atoms with van der Waals surface area (Å²) in [6.07, 6.45) is 3.33. The van der Waals surface area contributed by atoms with Crippen LogP contribution < -0.4 is 5.32 Å². The lowest BCUT2D eigenvalue weighted by Gasteiger charge is -2.33. The molecule has 0 bridgehead atoms. The fourth-order valence-corrected chi connectivity index (χ4v) is 4.36. The maximum atomic E-state index is 13.0. The molecule has 0 saturated carbocycles. The van der Waals surface area contributed by atoms with Crippen molar-refractivity contribution in [3.05, 3.63) is 40.3 Å². The molecule has 1 aliphatic heterocycles. The van der Waals surface area contributed by atoms with Crippen molar-refractivity contribution in [2.45, 2.75) is 58.1 Å². The van der Waals surface area contributed by atoms with Crippen molar-refractivity contribution in [2.75, 3.05) is 13.2 Å². The van der Waals surface area contributed by atoms with Crippen LogP contribution in [-0.2, 0) is 14.9 Å². The smallest absolute Gasteiger partial charge is 0.226 e. The van der Waals surface area contributed by atoms with Crippen molar-refractivity contribution < 1.29 is 9.53 Å². The number of carbonyl (C=O) groups excluding carboxylic acids is 1. The van der Waals surface area contributed by atoms with Gasteiger partial charge >= 0.3 is 0 Å². The lowest BCUT2D eigenvalue weighted by molar-refractivity contribution is -0.135. The van der Waals surface area contributed by atoms with Crippen LogP contribution in [0.4, 0.5) is 0 Å². The SMILES string of the molecule is CC(C)n1nccc1[C@@H]1OCCC[C@H]1C(=O)NCC(C)(C)c1cccs1. The van der Waals surface area contributed by atoms with Gasteiger partial charge in [0.1, 0.15) is 6.10 Å². The summed E-state index contributed by atoms with van der Waals surface area (Å²) in [5.41, 5.74) is 0.923. The summed E-state index contributed by atoms with van der Waals surface area (Å²) >= 11 is 1.73. The highest BCUT2D eigenvalue weighted by atomic mass is 32.1. The molecule has 3 rings (SSSR count). The van der Waals surface area contributed by atoms with E-state index in [1.54, 1.807) is 17.5 Å². The summed E-state index contributed by atoms with van der Waals surface area (Å²) < 4.78 is 8.00. The van der Waals surface area contributed by atoms with E-state index in [1.807, 2.05) is 10.7 Å². The van der Waals surface area contributed by atoms with Crippen LogP contribution in [0.3, 0.4) is 0 Å². The average molecular weight is 376 g/mol. The number of carbonyl (C=O) groups is 1. The van der Waals surface area contributed by atoms with E-state index in [4.69, 9.17) is 4.74 Å². The first-order valence-corrected chi connectivity index (χ1v) is 10.2. The Morgan fingerprint density at radius 2 is 2.27 bits per heavy atom. The Balaban J connectivity index is 1.71. The first-order valence-electron chi connectivity index (χ1n) is 9.37. The minimum atomic E-state index is -0.224. The van der Waals surface area contributed by atoms with Crippen molar-refractivity contribution in [3.63, 3.8) is 0 Å². The van der Waals surface area contributed by atoms with Gasteiger partial charge in [0, 0.05) is 35.7 Å². The van der Waals surface area contributed by atoms with E-state index < -0.39 is 0 Å². The zero-order valence-electron chi connectivity index (χ0n) is 16.1. The van der Waals surface area contributed by atoms with Gasteiger partial charge in [-0.25, -0.2) is 0 Å². The summed E-state index contributed by atoms with van der Waals surface area (Å²) in [6.45, 7) is 9.84. The molecule has 1 amide bonds. The highest BCUT2D eigenvalue weighted by Gasteiger charge is 2.36. The van der Waals surface area contributed by atoms with Gasteiger partial charge in [0.15, 0.2) is 0 Å². The standard InChI is InChI=1S/C20H29N3O2S/c1-14(2)23-16(9-10-22-23)18-15(7-5-11-25-18)19(24)21-13-20(3,4)17-8-6-12-26-17/h6,8-10,12,14-15,18H,5,7,11,13H2,1-4H3,(H,21,24)/t15-,18-/m1/s1. The predicted molar refractivity (Wildman–Crippen MR) is 104 cm³/mol. The number of aromatic nitrogens is 2. The molecule has 1 aliphatic rings. The van der Waals surface area contributed by atoms with Crippen molar-refractivity contribution in [1.29, 1.82) is 0 Å². The van der Waals surface area contributed by atoms with Crippen LogP contribution in [0, 0.1) is 5.92 Å². The van der Waals surface area contributed by atoms with E-state index in [0.717, 1.165) is 18.5 Å². The van der Waals surface area contributed by atoms with E-state index in [0.29, 0.717) is 13.2 Å². The number of hydrogen-bond donors (Lipinski definition) is 1. The number of hydrogen-bond acceptors (Lipinski definition) is 4. The zero-order chi connectivity index (χ0) is 18.7. The molecule has 0 radical (unpaired) electrons. The van der Waals surface area contributed by atoms with Crippen molar-refractivity contribution in [2.24, 2.45) is 5.92 Å². The third kappa shape index (κ3) is 4.01. The summed E-state index contributed by atoms with van der Waals surface area (Å²) in [7, 11) is 0. The molecule has 142 valence electrons. The minimum Gasteiger partial charge on any atom is -0.371 e. The molecule has 3 heterocycles. The summed E-state index contributed by atoms with van der Waals surface area (Å²) in [4.78, 5) is 14.3. The van der Waals surface area contributed by atoms with Gasteiger partial charge in [-0.2, -0.15) is 5.10 Å². The van der Waals surface area contributed by atoms with Crippen LogP contribution in [0.2, 0.25) is 0 Å². The molecule has 1 N–H and O–H groups in total. The summed E-state index contributed by atoms with van der Waals surface area (Å²) in [5.74, 6) is -0.0899. The Morgan fingerprint density at radius 3 is 2.96 bits per heavy atom. The largest absolute Gasteiger partial charge is 0.371 e. The Bertz CT molecular complexity index is 721. The lowest BCUT2D eigenvalue weighted by atomic mass is 9.89. The van der Waals surface area contributed by atoms with E-state index in [9.17, 15) is 4.79 Å². The molecule has 2 aromatic heterocycles. The Labute approximate surface area is 159 Å². The van der Waals surface area contributed by atoms with Crippen molar-refractivity contribution in [1.82, 2.24) is 15.1 Å². The number of nitrogens with zero attached hydrogens (tertiary/aromatic N) is 2. The van der Waals surface area contributed by atoms with Gasteiger partial charge in [0.25, 0.3) is 0 Å². The second-order valence-electron chi connectivity index (χ2n) is 7.91. The second-order valence-corrected chi connectivity index (χ2v) is 8.86. The maximum Gasteiger partial charge on any atom is 0.226 e. The van der Waals surface area contributed by atoms with Gasteiger partial charge in [0.05, 0.1) is 11.6 Å². The van der Waals surface area contributed by atoms with Crippen LogP contribution in [0.1, 0.15) is 63.3 Å². The van der Waals surface area contributed by atoms with E-state index in [2.05, 4.69) is 55.6 Å². The molecule has 2 atom stereocenters. The van der Waals surface area contributed by atoms with Crippen LogP contribution >= 0.6 is 11.3 Å². The maximum absolute atomic E-state index is 13.0. The van der Waals surface area contributed by atoms with Crippen molar-refractivity contribution >= 4 is 17.2 Å². The lowest BCUT2D eigenvalue weighted by Crippen LogP contribution is -2.43. The normalized spacial score (nSPS) is 21.1. The predicted octanol–water partition coefficient (Wildman–Crippen LogP) is 4.09. The second kappa shape index (κ2) is 7.92. The molecular weight excluding hydrogens is 346 g/mol. The van der Waals surface area contributed by atoms with Crippen molar-refractivity contribution in [3.8, 4) is 0 Å². The third-order valence-electron chi connectivity index (χ3n) is 5.03. The fourth-order valence-electron chi connectivity index (χ4n) is 3.51. The van der Waals surface area contributed by atoms with Crippen LogP contribution in [0.25, 0.3) is 0 Å². The molecule has 0 aromatic carbocycles. The first kappa shape index (κ1) is 19.1. The summed E-state index contributed by atoms with van der Waals surface area (Å²) in [5, 5.41) is 9.67. The highest BCUT2D eigenvalue weighted by molar-refractivity contribution is 7.10. The number of amides is 1. The van der Waals surface area contributed by atoms with Gasteiger partial charge in [-0.1, -0.05) is 19.9 Å². The van der Waals surface area contributed by atoms with Crippen LogP contribution in [0.15, 0.2) is 29.8 Å². The molecule has 5 nitrogen and oxygen atoms in total. The highest BCUT2D eigenvalue weighted by Crippen LogP contribution is 2.35. The number of thiophene rings is 1. The van der Waals surface area contributed by atoms with Gasteiger partial charge in [0.2, 0.25) is 5.91 Å². The molecule has 26 heavy (non-hydrogen) atoms. The third-order valence-corrected chi connectivity index (χ3v) is 6.27. The molecule has 1 saturated heterocycles. The number of nitrogens with one attached hydrogen (secondary N) is 1. The first-order chi connectivity index (χ1) is 12.4. The molecule has 1 fully saturated rings. The molecule has 2 aromatic rings. The average Bonchev–Trinajstić information content (AvgIpc) is 3.31. The molecule has 0 aliphatic carbocycles. The topological polar surface area (TPSA) is 56.2 Å². The van der Waals surface area contributed by atoms with Gasteiger partial charge in [-0.15, -0.1) is 11.3 Å². The van der Waals surface area contributed by atoms with E-state index >= 15 is 0 Å². The molecule has 0 spiro atoms. The molecule has 6 heteroatoms. The Hall–Kier alpha value is -1.66. The van der Waals surface area contributed by atoms with Gasteiger partial charge in [-0.3, -0.25) is 9.48 Å². The van der Waals surface area contributed by atoms with Gasteiger partial charge < -0.3 is 10.1 Å². The fraction of sp³-hybridized carbons (Fsp3) is 0.600. The number of ether oxygens (including phenoxy) is 1. The minimum absolute atomic E-state index is 0.0748. The zero-order valence-corrected chi connectivity index (χ0v) is 16.9. The Morgan fingerprint density at radius 1 is 1.46 bits per heavy atom. The van der Waals surface area contributed by atoms with E-state index in [-0.39, 0.29) is 29.4 Å². The van der Waals surface area contributed by atoms with Crippen LogP contribution in [-0.4, -0.2) is 28.8 Å². The van der Waals surface area contributed by atoms with Crippen LogP contribution in [0.5, 0.6) is 0 Å². The quantitative estimate of drug-likeness (QED) is 0.827. The molecule has 0 unspecified atom stereocenters. The Kier molecular flexibility index (Phi) is 5.82. The number of rotatable bonds is 6. The summed E-state index contributed by atoms with van der Waals surface area (Å²) in [6, 6.07) is 6.41. The molecular formula is C20H29N3O2S. The van der Waals surface area contributed by atoms with E-state index in [1.165, 1.54) is 4.88 Å². The monoisotopic (exact) mass is 375 g/mol.